The Morgan fingerprint density at radius 2 is 1.81 bits per heavy atom. The first kappa shape index (κ1) is 16.1. The number of carbonyl (C=O) groups is 2. The lowest BCUT2D eigenvalue weighted by molar-refractivity contribution is 0.0600. The molecule has 4 heteroatoms. The van der Waals surface area contributed by atoms with Gasteiger partial charge in [-0.05, 0) is 35.9 Å². The fourth-order valence-electron chi connectivity index (χ4n) is 3.12. The molecule has 0 unspecified atom stereocenters. The van der Waals surface area contributed by atoms with Crippen molar-refractivity contribution in [1.29, 1.82) is 0 Å². The van der Waals surface area contributed by atoms with E-state index >= 15 is 0 Å². The van der Waals surface area contributed by atoms with Gasteiger partial charge in [0.25, 0.3) is 0 Å². The molecule has 0 aliphatic heterocycles. The molecule has 1 heterocycles. The first-order chi connectivity index (χ1) is 12.7. The van der Waals surface area contributed by atoms with E-state index in [9.17, 15) is 9.59 Å². The summed E-state index contributed by atoms with van der Waals surface area (Å²) in [5.41, 5.74) is 3.88. The normalized spacial score (nSPS) is 14.5. The Bertz CT molecular complexity index is 1020. The highest BCUT2D eigenvalue weighted by Gasteiger charge is 2.24. The number of rotatable bonds is 3. The summed E-state index contributed by atoms with van der Waals surface area (Å²) in [5, 5.41) is 0. The topological polar surface area (TPSA) is 56.5 Å². The number of Topliss-reactive ketones (excluding diaryl/α,β-unsaturated/α-hetero) is 1. The number of allylic oxidation sites excluding steroid dienone is 1. The largest absolute Gasteiger partial charge is 0.465 e. The molecule has 4 nitrogen and oxygen atoms in total. The van der Waals surface area contributed by atoms with Crippen molar-refractivity contribution in [3.63, 3.8) is 0 Å². The summed E-state index contributed by atoms with van der Waals surface area (Å²) in [6.45, 7) is 0. The van der Waals surface area contributed by atoms with E-state index in [1.54, 1.807) is 30.3 Å². The standard InChI is InChI=1S/C22H16O4/c1-25-22(24)15-8-6-14(7-9-15)20-11-10-18(26-20)13-17-12-16-4-2-3-5-19(16)21(17)23/h2-11,13H,12H2,1H3. The van der Waals surface area contributed by atoms with Crippen LogP contribution in [0.1, 0.15) is 32.0 Å². The van der Waals surface area contributed by atoms with Gasteiger partial charge < -0.3 is 9.15 Å². The minimum atomic E-state index is -0.374. The number of methoxy groups -OCH3 is 1. The quantitative estimate of drug-likeness (QED) is 0.516. The molecular weight excluding hydrogens is 328 g/mol. The van der Waals surface area contributed by atoms with E-state index in [1.165, 1.54) is 7.11 Å². The Morgan fingerprint density at radius 3 is 2.54 bits per heavy atom. The van der Waals surface area contributed by atoms with Gasteiger partial charge in [-0.25, -0.2) is 4.79 Å². The maximum absolute atomic E-state index is 12.5. The van der Waals surface area contributed by atoms with E-state index in [-0.39, 0.29) is 11.8 Å². The van der Waals surface area contributed by atoms with Gasteiger partial charge in [-0.2, -0.15) is 0 Å². The molecule has 1 aliphatic carbocycles. The van der Waals surface area contributed by atoms with Gasteiger partial charge in [-0.3, -0.25) is 4.79 Å². The van der Waals surface area contributed by atoms with Gasteiger partial charge in [0.1, 0.15) is 11.5 Å². The van der Waals surface area contributed by atoms with Crippen LogP contribution in [-0.4, -0.2) is 18.9 Å². The number of carbonyl (C=O) groups excluding carboxylic acids is 2. The minimum Gasteiger partial charge on any atom is -0.465 e. The molecule has 0 bridgehead atoms. The molecule has 26 heavy (non-hydrogen) atoms. The van der Waals surface area contributed by atoms with Gasteiger partial charge >= 0.3 is 5.97 Å². The van der Waals surface area contributed by atoms with Crippen molar-refractivity contribution in [2.45, 2.75) is 6.42 Å². The van der Waals surface area contributed by atoms with Crippen molar-refractivity contribution >= 4 is 17.8 Å². The molecule has 0 saturated heterocycles. The zero-order valence-corrected chi connectivity index (χ0v) is 14.2. The van der Waals surface area contributed by atoms with E-state index in [4.69, 9.17) is 9.15 Å². The molecule has 1 aromatic heterocycles. The fourth-order valence-corrected chi connectivity index (χ4v) is 3.12. The smallest absolute Gasteiger partial charge is 0.337 e. The summed E-state index contributed by atoms with van der Waals surface area (Å²) < 4.78 is 10.6. The zero-order chi connectivity index (χ0) is 18.1. The molecule has 128 valence electrons. The molecule has 0 spiro atoms. The van der Waals surface area contributed by atoms with Crippen LogP contribution in [0.4, 0.5) is 0 Å². The number of hydrogen-bond acceptors (Lipinski definition) is 4. The first-order valence-electron chi connectivity index (χ1n) is 8.27. The van der Waals surface area contributed by atoms with Crippen LogP contribution in [0.5, 0.6) is 0 Å². The summed E-state index contributed by atoms with van der Waals surface area (Å²) in [5.74, 6) is 0.992. The summed E-state index contributed by atoms with van der Waals surface area (Å²) in [6.07, 6.45) is 2.42. The second-order valence-corrected chi connectivity index (χ2v) is 6.10. The van der Waals surface area contributed by atoms with Crippen molar-refractivity contribution < 1.29 is 18.7 Å². The fraction of sp³-hybridized carbons (Fsp3) is 0.0909. The summed E-state index contributed by atoms with van der Waals surface area (Å²) in [4.78, 5) is 24.0. The van der Waals surface area contributed by atoms with E-state index in [2.05, 4.69) is 0 Å². The van der Waals surface area contributed by atoms with Crippen LogP contribution < -0.4 is 0 Å². The third-order valence-corrected chi connectivity index (χ3v) is 4.47. The van der Waals surface area contributed by atoms with Gasteiger partial charge in [-0.1, -0.05) is 36.4 Å². The van der Waals surface area contributed by atoms with Crippen molar-refractivity contribution in [2.75, 3.05) is 7.11 Å². The molecule has 0 atom stereocenters. The van der Waals surface area contributed by atoms with Crippen LogP contribution in [0.15, 0.2) is 70.7 Å². The Morgan fingerprint density at radius 1 is 1.04 bits per heavy atom. The molecule has 0 amide bonds. The van der Waals surface area contributed by atoms with Crippen molar-refractivity contribution in [1.82, 2.24) is 0 Å². The predicted molar refractivity (Wildman–Crippen MR) is 97.9 cm³/mol. The molecule has 0 saturated carbocycles. The Balaban J connectivity index is 1.58. The van der Waals surface area contributed by atoms with E-state index in [1.807, 2.05) is 36.4 Å². The zero-order valence-electron chi connectivity index (χ0n) is 14.2. The lowest BCUT2D eigenvalue weighted by atomic mass is 10.1. The lowest BCUT2D eigenvalue weighted by Gasteiger charge is -2.00. The van der Waals surface area contributed by atoms with Crippen LogP contribution >= 0.6 is 0 Å². The average molecular weight is 344 g/mol. The third kappa shape index (κ3) is 2.86. The highest BCUT2D eigenvalue weighted by molar-refractivity contribution is 6.15. The SMILES string of the molecule is COC(=O)c1ccc(-c2ccc(C=C3Cc4ccccc4C3=O)o2)cc1. The van der Waals surface area contributed by atoms with Crippen LogP contribution in [0.25, 0.3) is 17.4 Å². The van der Waals surface area contributed by atoms with Gasteiger partial charge in [-0.15, -0.1) is 0 Å². The molecular formula is C22H16O4. The number of hydrogen-bond donors (Lipinski definition) is 0. The van der Waals surface area contributed by atoms with Crippen molar-refractivity contribution in [3.8, 4) is 11.3 Å². The molecule has 1 aliphatic rings. The predicted octanol–water partition coefficient (Wildman–Crippen LogP) is 4.56. The summed E-state index contributed by atoms with van der Waals surface area (Å²) in [7, 11) is 1.35. The van der Waals surface area contributed by atoms with Crippen LogP contribution in [0.2, 0.25) is 0 Å². The molecule has 3 aromatic rings. The Kier molecular flexibility index (Phi) is 4.01. The second kappa shape index (κ2) is 6.48. The number of furan rings is 1. The van der Waals surface area contributed by atoms with Gasteiger partial charge in [0, 0.05) is 23.1 Å². The lowest BCUT2D eigenvalue weighted by Crippen LogP contribution is -2.00. The molecule has 2 aromatic carbocycles. The van der Waals surface area contributed by atoms with Gasteiger partial charge in [0.15, 0.2) is 5.78 Å². The second-order valence-electron chi connectivity index (χ2n) is 6.10. The van der Waals surface area contributed by atoms with Crippen molar-refractivity contribution in [3.05, 3.63) is 88.7 Å². The number of ether oxygens (including phenoxy) is 1. The Labute approximate surface area is 150 Å². The van der Waals surface area contributed by atoms with Crippen molar-refractivity contribution in [2.24, 2.45) is 0 Å². The van der Waals surface area contributed by atoms with Crippen LogP contribution in [0.3, 0.4) is 0 Å². The summed E-state index contributed by atoms with van der Waals surface area (Å²) >= 11 is 0. The van der Waals surface area contributed by atoms with Crippen LogP contribution in [-0.2, 0) is 11.2 Å². The first-order valence-corrected chi connectivity index (χ1v) is 8.27. The third-order valence-electron chi connectivity index (χ3n) is 4.47. The van der Waals surface area contributed by atoms with E-state index in [0.29, 0.717) is 23.5 Å². The molecule has 0 N–H and O–H groups in total. The number of esters is 1. The van der Waals surface area contributed by atoms with Gasteiger partial charge in [0.05, 0.1) is 12.7 Å². The number of ketones is 1. The molecule has 0 fully saturated rings. The number of fused-ring (bicyclic) bond motifs is 1. The minimum absolute atomic E-state index is 0.0565. The number of benzene rings is 2. The van der Waals surface area contributed by atoms with Gasteiger partial charge in [0.2, 0.25) is 0 Å². The maximum atomic E-state index is 12.5. The molecule has 4 rings (SSSR count). The summed E-state index contributed by atoms with van der Waals surface area (Å²) in [6, 6.07) is 18.3. The average Bonchev–Trinajstić information content (AvgIpc) is 3.27. The van der Waals surface area contributed by atoms with E-state index < -0.39 is 0 Å². The monoisotopic (exact) mass is 344 g/mol. The highest BCUT2D eigenvalue weighted by atomic mass is 16.5. The Hall–Kier alpha value is -3.40. The maximum Gasteiger partial charge on any atom is 0.337 e. The van der Waals surface area contributed by atoms with Crippen LogP contribution in [0, 0.1) is 0 Å². The van der Waals surface area contributed by atoms with E-state index in [0.717, 1.165) is 22.3 Å². The highest BCUT2D eigenvalue weighted by Crippen LogP contribution is 2.29. The molecule has 0 radical (unpaired) electrons.